The topological polar surface area (TPSA) is 24.7 Å². The van der Waals surface area contributed by atoms with Gasteiger partial charge in [0.15, 0.2) is 0 Å². The van der Waals surface area contributed by atoms with Crippen LogP contribution < -0.4 is 0 Å². The lowest BCUT2D eigenvalue weighted by Gasteiger charge is -2.08. The lowest BCUT2D eigenvalue weighted by atomic mass is 9.98. The quantitative estimate of drug-likeness (QED) is 0.283. The van der Waals surface area contributed by atoms with Gasteiger partial charge in [0.1, 0.15) is 0 Å². The molecule has 0 atom stereocenters. The summed E-state index contributed by atoms with van der Waals surface area (Å²) in [5.41, 5.74) is 4.90. The van der Waals surface area contributed by atoms with Crippen molar-refractivity contribution in [1.82, 2.24) is 0 Å². The van der Waals surface area contributed by atoms with Crippen molar-refractivity contribution in [3.8, 4) is 0 Å². The Hall–Kier alpha value is -3.26. The Bertz CT molecular complexity index is 1090. The van der Waals surface area contributed by atoms with Gasteiger partial charge in [-0.05, 0) is 45.5 Å². The van der Waals surface area contributed by atoms with E-state index in [1.807, 2.05) is 12.4 Å². The van der Waals surface area contributed by atoms with Gasteiger partial charge < -0.3 is 0 Å². The maximum Gasteiger partial charge on any atom is 0.0577 e. The van der Waals surface area contributed by atoms with Crippen LogP contribution in [0.15, 0.2) is 83.0 Å². The molecule has 4 aromatic rings. The second-order valence-electron chi connectivity index (χ2n) is 6.92. The standard InChI is InChI=1S/C26H24N2/c1-3-19-13-15-21-9-5-7-11-23(21)25(19)17-27-28-18-26-20(4-2)14-16-22-10-6-8-12-24(22)26/h5-18H,3-4H2,1-2H3/b27-17+,28-18+. The number of fused-ring (bicyclic) bond motifs is 2. The van der Waals surface area contributed by atoms with Gasteiger partial charge in [0.25, 0.3) is 0 Å². The molecular formula is C26H24N2. The van der Waals surface area contributed by atoms with Crippen molar-refractivity contribution in [2.75, 3.05) is 0 Å². The number of nitrogens with zero attached hydrogens (tertiary/aromatic N) is 2. The van der Waals surface area contributed by atoms with E-state index in [1.54, 1.807) is 0 Å². The monoisotopic (exact) mass is 364 g/mol. The molecular weight excluding hydrogens is 340 g/mol. The molecule has 0 amide bonds. The van der Waals surface area contributed by atoms with Crippen molar-refractivity contribution in [2.24, 2.45) is 10.2 Å². The maximum absolute atomic E-state index is 4.42. The van der Waals surface area contributed by atoms with Crippen molar-refractivity contribution in [3.05, 3.63) is 95.1 Å². The molecule has 0 bridgehead atoms. The van der Waals surface area contributed by atoms with E-state index in [0.29, 0.717) is 0 Å². The SMILES string of the molecule is CCc1ccc2ccccc2c1/C=N/N=C/c1c(CC)ccc2ccccc12. The molecule has 4 aromatic carbocycles. The third kappa shape index (κ3) is 3.46. The number of benzene rings is 4. The second kappa shape index (κ2) is 8.18. The minimum absolute atomic E-state index is 0.971. The highest BCUT2D eigenvalue weighted by Gasteiger charge is 2.05. The van der Waals surface area contributed by atoms with E-state index in [1.165, 1.54) is 32.7 Å². The molecule has 2 heteroatoms. The van der Waals surface area contributed by atoms with E-state index >= 15 is 0 Å². The number of rotatable bonds is 5. The summed E-state index contributed by atoms with van der Waals surface area (Å²) >= 11 is 0. The summed E-state index contributed by atoms with van der Waals surface area (Å²) in [7, 11) is 0. The molecule has 0 aliphatic rings. The van der Waals surface area contributed by atoms with Gasteiger partial charge >= 0.3 is 0 Å². The summed E-state index contributed by atoms with van der Waals surface area (Å²) in [5.74, 6) is 0. The maximum atomic E-state index is 4.42. The van der Waals surface area contributed by atoms with Gasteiger partial charge in [0.2, 0.25) is 0 Å². The molecule has 0 saturated carbocycles. The highest BCUT2D eigenvalue weighted by molar-refractivity contribution is 6.03. The van der Waals surface area contributed by atoms with Crippen LogP contribution in [0.4, 0.5) is 0 Å². The predicted octanol–water partition coefficient (Wildman–Crippen LogP) is 6.57. The third-order valence-corrected chi connectivity index (χ3v) is 5.32. The van der Waals surface area contributed by atoms with Gasteiger partial charge in [0.05, 0.1) is 12.4 Å². The van der Waals surface area contributed by atoms with Crippen LogP contribution in [0.2, 0.25) is 0 Å². The zero-order valence-electron chi connectivity index (χ0n) is 16.4. The number of hydrogen-bond acceptors (Lipinski definition) is 2. The highest BCUT2D eigenvalue weighted by atomic mass is 15.2. The first-order valence-electron chi connectivity index (χ1n) is 9.89. The fourth-order valence-corrected chi connectivity index (χ4v) is 3.79. The molecule has 138 valence electrons. The van der Waals surface area contributed by atoms with E-state index < -0.39 is 0 Å². The Morgan fingerprint density at radius 1 is 0.571 bits per heavy atom. The summed E-state index contributed by atoms with van der Waals surface area (Å²) in [6.07, 6.45) is 5.74. The molecule has 0 unspecified atom stereocenters. The molecule has 0 aliphatic heterocycles. The van der Waals surface area contributed by atoms with Crippen LogP contribution in [0, 0.1) is 0 Å². The Labute approximate surface area is 166 Å². The van der Waals surface area contributed by atoms with Crippen molar-refractivity contribution in [1.29, 1.82) is 0 Å². The van der Waals surface area contributed by atoms with Gasteiger partial charge in [-0.3, -0.25) is 0 Å². The highest BCUT2D eigenvalue weighted by Crippen LogP contribution is 2.23. The molecule has 0 aliphatic carbocycles. The molecule has 0 heterocycles. The minimum atomic E-state index is 0.971. The summed E-state index contributed by atoms with van der Waals surface area (Å²) in [6, 6.07) is 25.6. The molecule has 0 aromatic heterocycles. The molecule has 0 N–H and O–H groups in total. The molecule has 0 fully saturated rings. The average molecular weight is 364 g/mol. The van der Waals surface area contributed by atoms with E-state index in [0.717, 1.165) is 24.0 Å². The van der Waals surface area contributed by atoms with Crippen molar-refractivity contribution < 1.29 is 0 Å². The van der Waals surface area contributed by atoms with E-state index in [2.05, 4.69) is 96.8 Å². The fraction of sp³-hybridized carbons (Fsp3) is 0.154. The van der Waals surface area contributed by atoms with Crippen LogP contribution in [0.3, 0.4) is 0 Å². The van der Waals surface area contributed by atoms with Gasteiger partial charge in [-0.2, -0.15) is 10.2 Å². The normalized spacial score (nSPS) is 11.9. The number of hydrogen-bond donors (Lipinski definition) is 0. The molecule has 0 saturated heterocycles. The Balaban J connectivity index is 1.73. The zero-order valence-corrected chi connectivity index (χ0v) is 16.4. The van der Waals surface area contributed by atoms with Gasteiger partial charge in [0, 0.05) is 11.1 Å². The average Bonchev–Trinajstić information content (AvgIpc) is 2.76. The van der Waals surface area contributed by atoms with E-state index in [-0.39, 0.29) is 0 Å². The van der Waals surface area contributed by atoms with Crippen molar-refractivity contribution in [3.63, 3.8) is 0 Å². The third-order valence-electron chi connectivity index (χ3n) is 5.32. The Morgan fingerprint density at radius 2 is 1.00 bits per heavy atom. The van der Waals surface area contributed by atoms with Gasteiger partial charge in [-0.15, -0.1) is 0 Å². The Morgan fingerprint density at radius 3 is 1.43 bits per heavy atom. The number of aryl methyl sites for hydroxylation is 2. The van der Waals surface area contributed by atoms with Crippen LogP contribution >= 0.6 is 0 Å². The second-order valence-corrected chi connectivity index (χ2v) is 6.92. The van der Waals surface area contributed by atoms with Crippen LogP contribution in [0.1, 0.15) is 36.1 Å². The van der Waals surface area contributed by atoms with Crippen LogP contribution in [-0.4, -0.2) is 12.4 Å². The molecule has 2 nitrogen and oxygen atoms in total. The molecule has 28 heavy (non-hydrogen) atoms. The summed E-state index contributed by atoms with van der Waals surface area (Å²) in [6.45, 7) is 4.35. The lowest BCUT2D eigenvalue weighted by molar-refractivity contribution is 1.13. The van der Waals surface area contributed by atoms with Gasteiger partial charge in [-0.25, -0.2) is 0 Å². The summed E-state index contributed by atoms with van der Waals surface area (Å²) in [4.78, 5) is 0. The fourth-order valence-electron chi connectivity index (χ4n) is 3.79. The molecule has 0 radical (unpaired) electrons. The first-order chi connectivity index (χ1) is 13.8. The smallest absolute Gasteiger partial charge is 0.0577 e. The molecule has 4 rings (SSSR count). The summed E-state index contributed by atoms with van der Waals surface area (Å²) in [5, 5.41) is 13.7. The molecule has 0 spiro atoms. The Kier molecular flexibility index (Phi) is 5.29. The van der Waals surface area contributed by atoms with E-state index in [9.17, 15) is 0 Å². The summed E-state index contributed by atoms with van der Waals surface area (Å²) < 4.78 is 0. The van der Waals surface area contributed by atoms with Crippen LogP contribution in [-0.2, 0) is 12.8 Å². The van der Waals surface area contributed by atoms with Crippen molar-refractivity contribution >= 4 is 34.0 Å². The largest absolute Gasteiger partial charge is 0.158 e. The van der Waals surface area contributed by atoms with Crippen molar-refractivity contribution in [2.45, 2.75) is 26.7 Å². The van der Waals surface area contributed by atoms with E-state index in [4.69, 9.17) is 0 Å². The zero-order chi connectivity index (χ0) is 19.3. The predicted molar refractivity (Wildman–Crippen MR) is 122 cm³/mol. The first kappa shape index (κ1) is 18.1. The van der Waals surface area contributed by atoms with Crippen LogP contribution in [0.25, 0.3) is 21.5 Å². The van der Waals surface area contributed by atoms with Crippen LogP contribution in [0.5, 0.6) is 0 Å². The minimum Gasteiger partial charge on any atom is -0.158 e. The first-order valence-corrected chi connectivity index (χ1v) is 9.89. The lowest BCUT2D eigenvalue weighted by Crippen LogP contribution is -1.94. The van der Waals surface area contributed by atoms with Gasteiger partial charge in [-0.1, -0.05) is 86.6 Å².